The van der Waals surface area contributed by atoms with Gasteiger partial charge < -0.3 is 5.32 Å². The normalized spacial score (nSPS) is 10.8. The van der Waals surface area contributed by atoms with Crippen molar-refractivity contribution < 1.29 is 0 Å². The lowest BCUT2D eigenvalue weighted by molar-refractivity contribution is 0.746. The molecule has 2 heterocycles. The van der Waals surface area contributed by atoms with E-state index in [2.05, 4.69) is 22.3 Å². The monoisotopic (exact) mass is 318 g/mol. The van der Waals surface area contributed by atoms with Crippen molar-refractivity contribution in [3.63, 3.8) is 0 Å². The lowest BCUT2D eigenvalue weighted by Crippen LogP contribution is -2.03. The number of hydrogen-bond acceptors (Lipinski definition) is 3. The first kappa shape index (κ1) is 14.4. The largest absolute Gasteiger partial charge is 0.365 e. The van der Waals surface area contributed by atoms with Gasteiger partial charge in [-0.3, -0.25) is 4.68 Å². The van der Waals surface area contributed by atoms with Crippen LogP contribution in [0.15, 0.2) is 12.3 Å². The maximum atomic E-state index is 6.06. The predicted octanol–water partition coefficient (Wildman–Crippen LogP) is 3.95. The van der Waals surface area contributed by atoms with Crippen LogP contribution in [-0.2, 0) is 20.0 Å². The van der Waals surface area contributed by atoms with Crippen LogP contribution in [0.4, 0.5) is 5.82 Å². The molecular weight excluding hydrogens is 307 g/mol. The third-order valence-electron chi connectivity index (χ3n) is 2.66. The number of pyridine rings is 1. The molecule has 2 aromatic rings. The number of aryl methyl sites for hydroxylation is 2. The maximum absolute atomic E-state index is 6.06. The van der Waals surface area contributed by atoms with Crippen LogP contribution in [0.25, 0.3) is 0 Å². The van der Waals surface area contributed by atoms with Gasteiger partial charge in [-0.2, -0.15) is 5.10 Å². The molecule has 2 rings (SSSR count). The average molecular weight is 320 g/mol. The lowest BCUT2D eigenvalue weighted by atomic mass is 10.2. The molecule has 102 valence electrons. The van der Waals surface area contributed by atoms with Gasteiger partial charge in [0.2, 0.25) is 0 Å². The van der Waals surface area contributed by atoms with Crippen LogP contribution in [-0.4, -0.2) is 14.8 Å². The standard InChI is InChI=1S/C12H13Cl3N4/c1-3-10-7(6-19(2)18-10)5-16-12-9(14)4-8(13)11(15)17-12/h4,6H,3,5H2,1-2H3,(H,16,17). The Morgan fingerprint density at radius 1 is 1.26 bits per heavy atom. The van der Waals surface area contributed by atoms with Gasteiger partial charge in [-0.15, -0.1) is 0 Å². The number of aromatic nitrogens is 3. The van der Waals surface area contributed by atoms with Crippen LogP contribution < -0.4 is 5.32 Å². The van der Waals surface area contributed by atoms with Crippen LogP contribution in [0.2, 0.25) is 15.2 Å². The van der Waals surface area contributed by atoms with Gasteiger partial charge in [0, 0.05) is 25.4 Å². The highest BCUT2D eigenvalue weighted by Gasteiger charge is 2.10. The van der Waals surface area contributed by atoms with E-state index in [-0.39, 0.29) is 5.15 Å². The highest BCUT2D eigenvalue weighted by atomic mass is 35.5. The first-order valence-electron chi connectivity index (χ1n) is 5.78. The Balaban J connectivity index is 2.16. The number of hydrogen-bond donors (Lipinski definition) is 1. The molecule has 0 aromatic carbocycles. The summed E-state index contributed by atoms with van der Waals surface area (Å²) >= 11 is 17.8. The van der Waals surface area contributed by atoms with Gasteiger partial charge in [0.1, 0.15) is 11.0 Å². The number of halogens is 3. The van der Waals surface area contributed by atoms with E-state index in [0.717, 1.165) is 17.7 Å². The zero-order chi connectivity index (χ0) is 14.0. The van der Waals surface area contributed by atoms with E-state index < -0.39 is 0 Å². The third kappa shape index (κ3) is 3.32. The molecule has 0 saturated carbocycles. The first-order valence-corrected chi connectivity index (χ1v) is 6.91. The second kappa shape index (κ2) is 5.99. The van der Waals surface area contributed by atoms with Crippen molar-refractivity contribution in [2.24, 2.45) is 7.05 Å². The lowest BCUT2D eigenvalue weighted by Gasteiger charge is -2.08. The van der Waals surface area contributed by atoms with E-state index in [1.165, 1.54) is 0 Å². The van der Waals surface area contributed by atoms with Gasteiger partial charge >= 0.3 is 0 Å². The van der Waals surface area contributed by atoms with E-state index in [4.69, 9.17) is 34.8 Å². The van der Waals surface area contributed by atoms with Gasteiger partial charge in [-0.05, 0) is 12.5 Å². The molecule has 7 heteroatoms. The molecule has 0 fully saturated rings. The Bertz CT molecular complexity index is 595. The fourth-order valence-corrected chi connectivity index (χ4v) is 2.34. The van der Waals surface area contributed by atoms with Crippen LogP contribution >= 0.6 is 34.8 Å². The molecule has 0 saturated heterocycles. The summed E-state index contributed by atoms with van der Waals surface area (Å²) in [7, 11) is 1.90. The summed E-state index contributed by atoms with van der Waals surface area (Å²) in [5.74, 6) is 0.516. The summed E-state index contributed by atoms with van der Waals surface area (Å²) in [6.45, 7) is 2.65. The van der Waals surface area contributed by atoms with E-state index in [1.54, 1.807) is 10.7 Å². The Kier molecular flexibility index (Phi) is 4.55. The van der Waals surface area contributed by atoms with Crippen molar-refractivity contribution in [1.82, 2.24) is 14.8 Å². The van der Waals surface area contributed by atoms with Gasteiger partial charge in [0.15, 0.2) is 0 Å². The molecule has 19 heavy (non-hydrogen) atoms. The number of nitrogens with zero attached hydrogens (tertiary/aromatic N) is 3. The zero-order valence-electron chi connectivity index (χ0n) is 10.5. The smallest absolute Gasteiger partial charge is 0.150 e. The molecule has 0 aliphatic carbocycles. The van der Waals surface area contributed by atoms with Crippen molar-refractivity contribution in [2.75, 3.05) is 5.32 Å². The van der Waals surface area contributed by atoms with Gasteiger partial charge in [0.25, 0.3) is 0 Å². The van der Waals surface area contributed by atoms with Crippen molar-refractivity contribution in [2.45, 2.75) is 19.9 Å². The molecule has 0 aliphatic heterocycles. The molecule has 1 N–H and O–H groups in total. The second-order valence-corrected chi connectivity index (χ2v) is 5.25. The van der Waals surface area contributed by atoms with Crippen LogP contribution in [0.5, 0.6) is 0 Å². The molecule has 0 spiro atoms. The minimum Gasteiger partial charge on any atom is -0.365 e. The number of anilines is 1. The van der Waals surface area contributed by atoms with Crippen LogP contribution in [0, 0.1) is 0 Å². The maximum Gasteiger partial charge on any atom is 0.150 e. The average Bonchev–Trinajstić information content (AvgIpc) is 2.72. The Hall–Kier alpha value is -0.970. The molecular formula is C12H13Cl3N4. The van der Waals surface area contributed by atoms with Crippen molar-refractivity contribution in [3.05, 3.63) is 38.7 Å². The topological polar surface area (TPSA) is 42.7 Å². The number of rotatable bonds is 4. The Morgan fingerprint density at radius 2 is 2.00 bits per heavy atom. The van der Waals surface area contributed by atoms with Gasteiger partial charge in [-0.25, -0.2) is 4.98 Å². The van der Waals surface area contributed by atoms with Crippen molar-refractivity contribution in [1.29, 1.82) is 0 Å². The highest BCUT2D eigenvalue weighted by molar-refractivity contribution is 6.42. The van der Waals surface area contributed by atoms with E-state index >= 15 is 0 Å². The summed E-state index contributed by atoms with van der Waals surface area (Å²) in [5, 5.41) is 8.53. The molecule has 0 amide bonds. The van der Waals surface area contributed by atoms with E-state index in [1.807, 2.05) is 13.2 Å². The minimum atomic E-state index is 0.232. The molecule has 0 bridgehead atoms. The van der Waals surface area contributed by atoms with Crippen LogP contribution in [0.3, 0.4) is 0 Å². The number of nitrogens with one attached hydrogen (secondary N) is 1. The quantitative estimate of drug-likeness (QED) is 0.868. The van der Waals surface area contributed by atoms with Gasteiger partial charge in [0.05, 0.1) is 15.7 Å². The molecule has 0 unspecified atom stereocenters. The van der Waals surface area contributed by atoms with Crippen molar-refractivity contribution in [3.8, 4) is 0 Å². The molecule has 0 radical (unpaired) electrons. The van der Waals surface area contributed by atoms with Gasteiger partial charge in [-0.1, -0.05) is 41.7 Å². The summed E-state index contributed by atoms with van der Waals surface area (Å²) in [5.41, 5.74) is 2.15. The molecule has 2 aromatic heterocycles. The second-order valence-electron chi connectivity index (χ2n) is 4.07. The summed E-state index contributed by atoms with van der Waals surface area (Å²) in [4.78, 5) is 4.11. The van der Waals surface area contributed by atoms with Crippen LogP contribution in [0.1, 0.15) is 18.2 Å². The van der Waals surface area contributed by atoms with Crippen molar-refractivity contribution >= 4 is 40.6 Å². The summed E-state index contributed by atoms with van der Waals surface area (Å²) in [6, 6.07) is 1.57. The fraction of sp³-hybridized carbons (Fsp3) is 0.333. The molecule has 0 aliphatic rings. The third-order valence-corrected chi connectivity index (χ3v) is 3.62. The molecule has 4 nitrogen and oxygen atoms in total. The highest BCUT2D eigenvalue weighted by Crippen LogP contribution is 2.29. The van der Waals surface area contributed by atoms with E-state index in [0.29, 0.717) is 22.4 Å². The Morgan fingerprint density at radius 3 is 2.68 bits per heavy atom. The zero-order valence-corrected chi connectivity index (χ0v) is 12.8. The summed E-state index contributed by atoms with van der Waals surface area (Å²) in [6.07, 6.45) is 2.84. The Labute approximate surface area is 126 Å². The first-order chi connectivity index (χ1) is 9.01. The van der Waals surface area contributed by atoms with E-state index in [9.17, 15) is 0 Å². The SMILES string of the molecule is CCc1nn(C)cc1CNc1nc(Cl)c(Cl)cc1Cl. The fourth-order valence-electron chi connectivity index (χ4n) is 1.78. The summed E-state index contributed by atoms with van der Waals surface area (Å²) < 4.78 is 1.79. The minimum absolute atomic E-state index is 0.232. The predicted molar refractivity (Wildman–Crippen MR) is 79.2 cm³/mol. The molecule has 0 atom stereocenters.